The van der Waals surface area contributed by atoms with E-state index in [0.717, 1.165) is 52.1 Å². The number of ketones is 1. The first-order chi connectivity index (χ1) is 7.72. The molecule has 0 fully saturated rings. The second kappa shape index (κ2) is 11.1. The fraction of sp³-hybridized carbons (Fsp3) is 0.923. The number of ether oxygens (including phenoxy) is 2. The molecule has 0 saturated carbocycles. The van der Waals surface area contributed by atoms with Gasteiger partial charge in [0.2, 0.25) is 0 Å². The first-order valence-electron chi connectivity index (χ1n) is 6.38. The number of carbonyl (C=O) groups is 1. The van der Waals surface area contributed by atoms with Crippen LogP contribution in [0.2, 0.25) is 0 Å². The Hall–Kier alpha value is -0.410. The topological polar surface area (TPSA) is 35.5 Å². The molecule has 0 aliphatic heterocycles. The molecule has 0 unspecified atom stereocenters. The van der Waals surface area contributed by atoms with E-state index in [-0.39, 0.29) is 5.92 Å². The number of hydrogen-bond acceptors (Lipinski definition) is 3. The lowest BCUT2D eigenvalue weighted by Gasteiger charge is -2.13. The maximum Gasteiger partial charge on any atom is 0.132 e. The Balaban J connectivity index is 3.59. The average Bonchev–Trinajstić information content (AvgIpc) is 2.26. The molecule has 0 bridgehead atoms. The zero-order valence-electron chi connectivity index (χ0n) is 11.0. The van der Waals surface area contributed by atoms with Gasteiger partial charge in [0.05, 0.1) is 0 Å². The second-order valence-corrected chi connectivity index (χ2v) is 3.99. The van der Waals surface area contributed by atoms with Crippen LogP contribution < -0.4 is 0 Å². The van der Waals surface area contributed by atoms with Gasteiger partial charge < -0.3 is 9.47 Å². The molecule has 0 aliphatic carbocycles. The van der Waals surface area contributed by atoms with Crippen molar-refractivity contribution in [2.45, 2.75) is 46.5 Å². The maximum atomic E-state index is 11.4. The van der Waals surface area contributed by atoms with Gasteiger partial charge in [-0.1, -0.05) is 0 Å². The zero-order chi connectivity index (χ0) is 12.2. The summed E-state index contributed by atoms with van der Waals surface area (Å²) in [7, 11) is 0. The normalized spacial score (nSPS) is 11.0. The van der Waals surface area contributed by atoms with Gasteiger partial charge in [-0.15, -0.1) is 0 Å². The highest BCUT2D eigenvalue weighted by Gasteiger charge is 2.13. The summed E-state index contributed by atoms with van der Waals surface area (Å²) in [5.41, 5.74) is 0. The molecule has 0 N–H and O–H groups in total. The van der Waals surface area contributed by atoms with Crippen LogP contribution in [0, 0.1) is 5.92 Å². The van der Waals surface area contributed by atoms with Crippen LogP contribution in [-0.2, 0) is 14.3 Å². The van der Waals surface area contributed by atoms with Gasteiger partial charge in [-0.2, -0.15) is 0 Å². The molecule has 0 atom stereocenters. The number of hydrogen-bond donors (Lipinski definition) is 0. The summed E-state index contributed by atoms with van der Waals surface area (Å²) < 4.78 is 10.5. The van der Waals surface area contributed by atoms with E-state index >= 15 is 0 Å². The predicted octanol–water partition coefficient (Wildman–Crippen LogP) is 2.83. The lowest BCUT2D eigenvalue weighted by molar-refractivity contribution is -0.121. The van der Waals surface area contributed by atoms with Crippen molar-refractivity contribution in [2.24, 2.45) is 5.92 Å². The standard InChI is InChI=1S/C13H26O3/c1-4-15-10-6-8-13(12(3)14)9-7-11-16-5-2/h13H,4-11H2,1-3H3. The van der Waals surface area contributed by atoms with Crippen molar-refractivity contribution in [2.75, 3.05) is 26.4 Å². The lowest BCUT2D eigenvalue weighted by Crippen LogP contribution is -2.13. The molecular weight excluding hydrogens is 204 g/mol. The Morgan fingerprint density at radius 1 is 1.00 bits per heavy atom. The predicted molar refractivity (Wildman–Crippen MR) is 65.6 cm³/mol. The van der Waals surface area contributed by atoms with Gasteiger partial charge in [0, 0.05) is 32.3 Å². The SMILES string of the molecule is CCOCCCC(CCCOCC)C(C)=O. The summed E-state index contributed by atoms with van der Waals surface area (Å²) in [6.45, 7) is 8.72. The van der Waals surface area contributed by atoms with Crippen molar-refractivity contribution < 1.29 is 14.3 Å². The third-order valence-electron chi connectivity index (χ3n) is 2.67. The second-order valence-electron chi connectivity index (χ2n) is 3.99. The number of Topliss-reactive ketones (excluding diaryl/α,β-unsaturated/α-hetero) is 1. The smallest absolute Gasteiger partial charge is 0.132 e. The summed E-state index contributed by atoms with van der Waals surface area (Å²) in [6, 6.07) is 0. The third kappa shape index (κ3) is 8.86. The molecule has 0 aromatic heterocycles. The van der Waals surface area contributed by atoms with E-state index in [2.05, 4.69) is 0 Å². The van der Waals surface area contributed by atoms with E-state index in [9.17, 15) is 4.79 Å². The van der Waals surface area contributed by atoms with Gasteiger partial charge in [-0.25, -0.2) is 0 Å². The first-order valence-corrected chi connectivity index (χ1v) is 6.38. The largest absolute Gasteiger partial charge is 0.382 e. The maximum absolute atomic E-state index is 11.4. The number of rotatable bonds is 11. The quantitative estimate of drug-likeness (QED) is 0.512. The van der Waals surface area contributed by atoms with Crippen LogP contribution in [0.3, 0.4) is 0 Å². The van der Waals surface area contributed by atoms with E-state index in [0.29, 0.717) is 5.78 Å². The van der Waals surface area contributed by atoms with E-state index < -0.39 is 0 Å². The van der Waals surface area contributed by atoms with Gasteiger partial charge in [0.1, 0.15) is 5.78 Å². The molecular formula is C13H26O3. The van der Waals surface area contributed by atoms with Crippen LogP contribution in [0.5, 0.6) is 0 Å². The fourth-order valence-electron chi connectivity index (χ4n) is 1.70. The first kappa shape index (κ1) is 15.6. The Morgan fingerprint density at radius 3 is 1.75 bits per heavy atom. The molecule has 0 heterocycles. The summed E-state index contributed by atoms with van der Waals surface area (Å²) in [6.07, 6.45) is 3.85. The molecule has 16 heavy (non-hydrogen) atoms. The molecule has 0 aliphatic rings. The van der Waals surface area contributed by atoms with Crippen molar-refractivity contribution >= 4 is 5.78 Å². The minimum absolute atomic E-state index is 0.195. The molecule has 0 saturated heterocycles. The van der Waals surface area contributed by atoms with Crippen molar-refractivity contribution in [1.82, 2.24) is 0 Å². The molecule has 3 heteroatoms. The lowest BCUT2D eigenvalue weighted by atomic mass is 9.94. The number of carbonyl (C=O) groups excluding carboxylic acids is 1. The van der Waals surface area contributed by atoms with Crippen LogP contribution in [0.15, 0.2) is 0 Å². The van der Waals surface area contributed by atoms with Crippen molar-refractivity contribution in [1.29, 1.82) is 0 Å². The Labute approximate surface area is 99.5 Å². The van der Waals surface area contributed by atoms with Gasteiger partial charge in [0.15, 0.2) is 0 Å². The van der Waals surface area contributed by atoms with Gasteiger partial charge >= 0.3 is 0 Å². The molecule has 0 rings (SSSR count). The van der Waals surface area contributed by atoms with Gasteiger partial charge in [0.25, 0.3) is 0 Å². The molecule has 0 spiro atoms. The third-order valence-corrected chi connectivity index (χ3v) is 2.67. The van der Waals surface area contributed by atoms with Crippen LogP contribution >= 0.6 is 0 Å². The van der Waals surface area contributed by atoms with E-state index in [4.69, 9.17) is 9.47 Å². The molecule has 0 radical (unpaired) electrons. The van der Waals surface area contributed by atoms with Crippen molar-refractivity contribution in [3.8, 4) is 0 Å². The highest BCUT2D eigenvalue weighted by molar-refractivity contribution is 5.78. The minimum atomic E-state index is 0.195. The van der Waals surface area contributed by atoms with E-state index in [1.807, 2.05) is 13.8 Å². The van der Waals surface area contributed by atoms with Crippen molar-refractivity contribution in [3.05, 3.63) is 0 Å². The Morgan fingerprint density at radius 2 is 1.44 bits per heavy atom. The van der Waals surface area contributed by atoms with Crippen LogP contribution in [0.25, 0.3) is 0 Å². The summed E-state index contributed by atoms with van der Waals surface area (Å²) in [5, 5.41) is 0. The van der Waals surface area contributed by atoms with Gasteiger partial charge in [-0.3, -0.25) is 4.79 Å². The monoisotopic (exact) mass is 230 g/mol. The Bertz CT molecular complexity index is 157. The summed E-state index contributed by atoms with van der Waals surface area (Å²) in [5.74, 6) is 0.494. The molecule has 0 aromatic carbocycles. The highest BCUT2D eigenvalue weighted by atomic mass is 16.5. The molecule has 0 aromatic rings. The van der Waals surface area contributed by atoms with Gasteiger partial charge in [-0.05, 0) is 46.5 Å². The minimum Gasteiger partial charge on any atom is -0.382 e. The van der Waals surface area contributed by atoms with Crippen LogP contribution in [0.1, 0.15) is 46.5 Å². The molecule has 3 nitrogen and oxygen atoms in total. The Kier molecular flexibility index (Phi) is 10.8. The average molecular weight is 230 g/mol. The van der Waals surface area contributed by atoms with E-state index in [1.165, 1.54) is 0 Å². The van der Waals surface area contributed by atoms with E-state index in [1.54, 1.807) is 6.92 Å². The van der Waals surface area contributed by atoms with Crippen LogP contribution in [-0.4, -0.2) is 32.2 Å². The molecule has 0 amide bonds. The van der Waals surface area contributed by atoms with Crippen molar-refractivity contribution in [3.63, 3.8) is 0 Å². The zero-order valence-corrected chi connectivity index (χ0v) is 11.0. The highest BCUT2D eigenvalue weighted by Crippen LogP contribution is 2.15. The fourth-order valence-corrected chi connectivity index (χ4v) is 1.70. The summed E-state index contributed by atoms with van der Waals surface area (Å²) >= 11 is 0. The summed E-state index contributed by atoms with van der Waals surface area (Å²) in [4.78, 5) is 11.4. The van der Waals surface area contributed by atoms with Crippen LogP contribution in [0.4, 0.5) is 0 Å². The molecule has 96 valence electrons.